The van der Waals surface area contributed by atoms with Crippen LogP contribution in [0.1, 0.15) is 66.1 Å². The van der Waals surface area contributed by atoms with Crippen LogP contribution in [-0.2, 0) is 4.79 Å². The molecule has 4 rings (SSSR count). The van der Waals surface area contributed by atoms with E-state index in [1.807, 2.05) is 30.0 Å². The summed E-state index contributed by atoms with van der Waals surface area (Å²) >= 11 is 0. The Morgan fingerprint density at radius 1 is 1.22 bits per heavy atom. The van der Waals surface area contributed by atoms with E-state index in [0.717, 1.165) is 60.0 Å². The third-order valence-electron chi connectivity index (χ3n) is 5.78. The maximum Gasteiger partial charge on any atom is 0.303 e. The van der Waals surface area contributed by atoms with E-state index < -0.39 is 5.97 Å². The SMILES string of the molecule is Cc1ccc2nc(C3CC3)cc(C(=O)N3CCCC(CCC(=O)O)C3)c2c1. The quantitative estimate of drug-likeness (QED) is 0.863. The molecule has 1 aliphatic heterocycles. The average Bonchev–Trinajstić information content (AvgIpc) is 3.50. The van der Waals surface area contributed by atoms with Crippen LogP contribution in [0.25, 0.3) is 10.9 Å². The second kappa shape index (κ2) is 7.29. The number of carboxylic acid groups (broad SMARTS) is 1. The standard InChI is InChI=1S/C22H26N2O3/c1-14-4-8-19-17(11-14)18(12-20(23-19)16-6-7-16)22(27)24-10-2-3-15(13-24)5-9-21(25)26/h4,8,11-12,15-16H,2-3,5-7,9-10,13H2,1H3,(H,25,26). The van der Waals surface area contributed by atoms with E-state index in [-0.39, 0.29) is 18.2 Å². The van der Waals surface area contributed by atoms with Gasteiger partial charge in [-0.2, -0.15) is 0 Å². The van der Waals surface area contributed by atoms with Crippen molar-refractivity contribution in [2.45, 2.75) is 51.4 Å². The van der Waals surface area contributed by atoms with Crippen LogP contribution in [0.4, 0.5) is 0 Å². The van der Waals surface area contributed by atoms with Crippen molar-refractivity contribution in [2.24, 2.45) is 5.92 Å². The largest absolute Gasteiger partial charge is 0.481 e. The van der Waals surface area contributed by atoms with Crippen molar-refractivity contribution < 1.29 is 14.7 Å². The molecule has 1 aromatic heterocycles. The van der Waals surface area contributed by atoms with E-state index in [1.165, 1.54) is 0 Å². The maximum absolute atomic E-state index is 13.4. The summed E-state index contributed by atoms with van der Waals surface area (Å²) < 4.78 is 0. The summed E-state index contributed by atoms with van der Waals surface area (Å²) in [6.07, 6.45) is 5.06. The molecular weight excluding hydrogens is 340 g/mol. The molecule has 1 N–H and O–H groups in total. The third-order valence-corrected chi connectivity index (χ3v) is 5.78. The number of rotatable bonds is 5. The number of aliphatic carboxylic acids is 1. The van der Waals surface area contributed by atoms with Gasteiger partial charge in [-0.15, -0.1) is 0 Å². The molecule has 2 aliphatic rings. The van der Waals surface area contributed by atoms with E-state index in [0.29, 0.717) is 18.9 Å². The minimum atomic E-state index is -0.761. The Bertz CT molecular complexity index is 889. The number of aryl methyl sites for hydroxylation is 1. The number of likely N-dealkylation sites (tertiary alicyclic amines) is 1. The van der Waals surface area contributed by atoms with E-state index >= 15 is 0 Å². The minimum absolute atomic E-state index is 0.0647. The van der Waals surface area contributed by atoms with E-state index in [9.17, 15) is 9.59 Å². The van der Waals surface area contributed by atoms with Crippen LogP contribution in [0.3, 0.4) is 0 Å². The lowest BCUT2D eigenvalue weighted by Crippen LogP contribution is -2.40. The van der Waals surface area contributed by atoms with Gasteiger partial charge in [-0.25, -0.2) is 0 Å². The highest BCUT2D eigenvalue weighted by Gasteiger charge is 2.29. The van der Waals surface area contributed by atoms with Gasteiger partial charge in [0.05, 0.1) is 11.1 Å². The Kier molecular flexibility index (Phi) is 4.85. The molecule has 1 saturated carbocycles. The second-order valence-corrected chi connectivity index (χ2v) is 8.08. The second-order valence-electron chi connectivity index (χ2n) is 8.08. The predicted molar refractivity (Wildman–Crippen MR) is 104 cm³/mol. The number of benzene rings is 1. The van der Waals surface area contributed by atoms with Crippen molar-refractivity contribution in [3.63, 3.8) is 0 Å². The molecule has 1 amide bonds. The molecule has 1 aromatic carbocycles. The fraction of sp³-hybridized carbons (Fsp3) is 0.500. The number of amides is 1. The number of pyridine rings is 1. The van der Waals surface area contributed by atoms with Crippen LogP contribution in [0.15, 0.2) is 24.3 Å². The molecule has 2 aromatic rings. The number of nitrogens with zero attached hydrogens (tertiary/aromatic N) is 2. The zero-order valence-corrected chi connectivity index (χ0v) is 15.8. The van der Waals surface area contributed by atoms with Gasteiger partial charge < -0.3 is 10.0 Å². The zero-order valence-electron chi connectivity index (χ0n) is 15.8. The van der Waals surface area contributed by atoms with Crippen LogP contribution in [0.2, 0.25) is 0 Å². The summed E-state index contributed by atoms with van der Waals surface area (Å²) in [6, 6.07) is 8.11. The molecule has 0 bridgehead atoms. The summed E-state index contributed by atoms with van der Waals surface area (Å²) in [6.45, 7) is 3.43. The highest BCUT2D eigenvalue weighted by molar-refractivity contribution is 6.06. The predicted octanol–water partition coefficient (Wildman–Crippen LogP) is 4.14. The molecule has 5 heteroatoms. The number of carbonyl (C=O) groups excluding carboxylic acids is 1. The lowest BCUT2D eigenvalue weighted by atomic mass is 9.92. The molecule has 5 nitrogen and oxygen atoms in total. The van der Waals surface area contributed by atoms with Gasteiger partial charge >= 0.3 is 5.97 Å². The van der Waals surface area contributed by atoms with Gasteiger partial charge in [0.15, 0.2) is 0 Å². The normalized spacial score (nSPS) is 20.0. The summed E-state index contributed by atoms with van der Waals surface area (Å²) in [5.41, 5.74) is 3.81. The van der Waals surface area contributed by atoms with Crippen molar-refractivity contribution in [3.8, 4) is 0 Å². The fourth-order valence-corrected chi connectivity index (χ4v) is 4.11. The average molecular weight is 366 g/mol. The van der Waals surface area contributed by atoms with Gasteiger partial charge in [0.25, 0.3) is 5.91 Å². The van der Waals surface area contributed by atoms with Crippen LogP contribution >= 0.6 is 0 Å². The summed E-state index contributed by atoms with van der Waals surface area (Å²) in [5.74, 6) is 0.0708. The lowest BCUT2D eigenvalue weighted by Gasteiger charge is -2.33. The van der Waals surface area contributed by atoms with Crippen LogP contribution in [-0.4, -0.2) is 40.0 Å². The number of hydrogen-bond donors (Lipinski definition) is 1. The minimum Gasteiger partial charge on any atom is -0.481 e. The molecule has 27 heavy (non-hydrogen) atoms. The fourth-order valence-electron chi connectivity index (χ4n) is 4.11. The monoisotopic (exact) mass is 366 g/mol. The van der Waals surface area contributed by atoms with Crippen molar-refractivity contribution in [3.05, 3.63) is 41.1 Å². The van der Waals surface area contributed by atoms with E-state index in [4.69, 9.17) is 10.1 Å². The molecule has 1 aliphatic carbocycles. The molecule has 142 valence electrons. The summed E-state index contributed by atoms with van der Waals surface area (Å²) in [5, 5.41) is 9.87. The molecule has 1 atom stereocenters. The number of aromatic nitrogens is 1. The van der Waals surface area contributed by atoms with Crippen LogP contribution < -0.4 is 0 Å². The lowest BCUT2D eigenvalue weighted by molar-refractivity contribution is -0.137. The van der Waals surface area contributed by atoms with Gasteiger partial charge in [-0.3, -0.25) is 14.6 Å². The van der Waals surface area contributed by atoms with Crippen molar-refractivity contribution >= 4 is 22.8 Å². The Labute approximate surface area is 159 Å². The van der Waals surface area contributed by atoms with Crippen LogP contribution in [0.5, 0.6) is 0 Å². The van der Waals surface area contributed by atoms with Gasteiger partial charge in [0, 0.05) is 36.5 Å². The molecule has 1 unspecified atom stereocenters. The summed E-state index contributed by atoms with van der Waals surface area (Å²) in [4.78, 5) is 31.0. The Morgan fingerprint density at radius 2 is 2.04 bits per heavy atom. The number of piperidine rings is 1. The number of fused-ring (bicyclic) bond motifs is 1. The maximum atomic E-state index is 13.4. The first kappa shape index (κ1) is 18.0. The topological polar surface area (TPSA) is 70.5 Å². The van der Waals surface area contributed by atoms with Gasteiger partial charge in [0.1, 0.15) is 0 Å². The first-order valence-corrected chi connectivity index (χ1v) is 9.93. The first-order valence-electron chi connectivity index (χ1n) is 9.93. The zero-order chi connectivity index (χ0) is 19.0. The number of hydrogen-bond acceptors (Lipinski definition) is 3. The van der Waals surface area contributed by atoms with E-state index in [2.05, 4.69) is 6.07 Å². The van der Waals surface area contributed by atoms with Gasteiger partial charge in [-0.1, -0.05) is 11.6 Å². The Hall–Kier alpha value is -2.43. The van der Waals surface area contributed by atoms with E-state index in [1.54, 1.807) is 0 Å². The molecule has 0 radical (unpaired) electrons. The number of carboxylic acids is 1. The van der Waals surface area contributed by atoms with Gasteiger partial charge in [-0.05, 0) is 63.1 Å². The van der Waals surface area contributed by atoms with Crippen LogP contribution in [0, 0.1) is 12.8 Å². The highest BCUT2D eigenvalue weighted by atomic mass is 16.4. The third kappa shape index (κ3) is 3.97. The van der Waals surface area contributed by atoms with Gasteiger partial charge in [0.2, 0.25) is 0 Å². The van der Waals surface area contributed by atoms with Crippen molar-refractivity contribution in [1.29, 1.82) is 0 Å². The highest BCUT2D eigenvalue weighted by Crippen LogP contribution is 2.40. The van der Waals surface area contributed by atoms with Crippen molar-refractivity contribution in [1.82, 2.24) is 9.88 Å². The molecule has 1 saturated heterocycles. The molecule has 2 heterocycles. The molecular formula is C22H26N2O3. The first-order chi connectivity index (χ1) is 13.0. The Balaban J connectivity index is 1.63. The summed E-state index contributed by atoms with van der Waals surface area (Å²) in [7, 11) is 0. The molecule has 2 fully saturated rings. The number of carbonyl (C=O) groups is 2. The Morgan fingerprint density at radius 3 is 2.78 bits per heavy atom. The van der Waals surface area contributed by atoms with Crippen molar-refractivity contribution in [2.75, 3.05) is 13.1 Å². The smallest absolute Gasteiger partial charge is 0.303 e. The molecule has 0 spiro atoms.